The fraction of sp³-hybridized carbons (Fsp3) is 0.421. The monoisotopic (exact) mass is 406 g/mol. The molecule has 2 heterocycles. The maximum atomic E-state index is 12.5. The Bertz CT molecular complexity index is 807. The van der Waals surface area contributed by atoms with Crippen molar-refractivity contribution in [2.45, 2.75) is 25.3 Å². The van der Waals surface area contributed by atoms with Gasteiger partial charge in [0.25, 0.3) is 11.8 Å². The summed E-state index contributed by atoms with van der Waals surface area (Å²) in [6, 6.07) is 6.15. The predicted molar refractivity (Wildman–Crippen MR) is 103 cm³/mol. The van der Waals surface area contributed by atoms with E-state index >= 15 is 0 Å². The highest BCUT2D eigenvalue weighted by molar-refractivity contribution is 8.00. The number of nitrogens with one attached hydrogen (secondary N) is 1. The molecule has 1 saturated heterocycles. The largest absolute Gasteiger partial charge is 0.497 e. The smallest absolute Gasteiger partial charge is 0.355 e. The molecular formula is C19H22N2O6S. The molecule has 0 unspecified atom stereocenters. The SMILES string of the molecule is CCOC(=O)C1=C(C)CS[C@@H]2[C@H](NC(=O)COc3ccc(OC)cc3)C(=O)N12. The van der Waals surface area contributed by atoms with Crippen molar-refractivity contribution in [1.29, 1.82) is 0 Å². The molecule has 0 spiro atoms. The molecule has 2 amide bonds. The number of methoxy groups -OCH3 is 1. The molecule has 3 rings (SSSR count). The fourth-order valence-electron chi connectivity index (χ4n) is 3.00. The van der Waals surface area contributed by atoms with Crippen LogP contribution in [0.2, 0.25) is 0 Å². The second-order valence-electron chi connectivity index (χ2n) is 6.27. The van der Waals surface area contributed by atoms with Crippen LogP contribution in [0, 0.1) is 0 Å². The van der Waals surface area contributed by atoms with Crippen LogP contribution in [0.15, 0.2) is 35.5 Å². The summed E-state index contributed by atoms with van der Waals surface area (Å²) in [6.07, 6.45) is 0. The summed E-state index contributed by atoms with van der Waals surface area (Å²) in [6.45, 7) is 3.54. The van der Waals surface area contributed by atoms with E-state index < -0.39 is 17.9 Å². The molecule has 8 nitrogen and oxygen atoms in total. The summed E-state index contributed by atoms with van der Waals surface area (Å²) < 4.78 is 15.6. The first kappa shape index (κ1) is 20.1. The molecular weight excluding hydrogens is 384 g/mol. The lowest BCUT2D eigenvalue weighted by Gasteiger charge is -2.49. The van der Waals surface area contributed by atoms with Gasteiger partial charge in [0.05, 0.1) is 13.7 Å². The summed E-state index contributed by atoms with van der Waals surface area (Å²) in [7, 11) is 1.57. The molecule has 1 fully saturated rings. The normalized spacial score (nSPS) is 20.8. The van der Waals surface area contributed by atoms with Crippen molar-refractivity contribution in [2.75, 3.05) is 26.1 Å². The number of amides is 2. The van der Waals surface area contributed by atoms with Gasteiger partial charge in [-0.1, -0.05) is 0 Å². The minimum atomic E-state index is -0.686. The molecule has 2 aliphatic heterocycles. The van der Waals surface area contributed by atoms with Crippen LogP contribution >= 0.6 is 11.8 Å². The molecule has 1 aromatic rings. The third-order valence-electron chi connectivity index (χ3n) is 4.37. The Morgan fingerprint density at radius 1 is 1.25 bits per heavy atom. The van der Waals surface area contributed by atoms with Gasteiger partial charge in [-0.3, -0.25) is 14.5 Å². The van der Waals surface area contributed by atoms with Gasteiger partial charge in [-0.25, -0.2) is 4.79 Å². The van der Waals surface area contributed by atoms with Gasteiger partial charge in [-0.15, -0.1) is 11.8 Å². The Morgan fingerprint density at radius 3 is 2.57 bits per heavy atom. The number of carbonyl (C=O) groups is 3. The van der Waals surface area contributed by atoms with Crippen molar-refractivity contribution >= 4 is 29.5 Å². The molecule has 9 heteroatoms. The molecule has 0 radical (unpaired) electrons. The highest BCUT2D eigenvalue weighted by Crippen LogP contribution is 2.40. The Balaban J connectivity index is 1.57. The third-order valence-corrected chi connectivity index (χ3v) is 5.80. The number of fused-ring (bicyclic) bond motifs is 1. The first-order chi connectivity index (χ1) is 13.5. The molecule has 1 aromatic carbocycles. The van der Waals surface area contributed by atoms with Crippen LogP contribution in [0.3, 0.4) is 0 Å². The van der Waals surface area contributed by atoms with E-state index in [0.717, 1.165) is 5.57 Å². The Labute approximate surface area is 167 Å². The fourth-order valence-corrected chi connectivity index (χ4v) is 4.29. The molecule has 0 aliphatic carbocycles. The van der Waals surface area contributed by atoms with Crippen molar-refractivity contribution in [3.05, 3.63) is 35.5 Å². The lowest BCUT2D eigenvalue weighted by atomic mass is 10.0. The Morgan fingerprint density at radius 2 is 1.93 bits per heavy atom. The van der Waals surface area contributed by atoms with Crippen molar-refractivity contribution in [3.63, 3.8) is 0 Å². The van der Waals surface area contributed by atoms with Crippen LogP contribution < -0.4 is 14.8 Å². The summed E-state index contributed by atoms with van der Waals surface area (Å²) in [5.41, 5.74) is 1.08. The number of hydrogen-bond acceptors (Lipinski definition) is 7. The number of rotatable bonds is 7. The van der Waals surface area contributed by atoms with Crippen molar-refractivity contribution in [1.82, 2.24) is 10.2 Å². The van der Waals surface area contributed by atoms with Gasteiger partial charge in [-0.2, -0.15) is 0 Å². The lowest BCUT2D eigenvalue weighted by Crippen LogP contribution is -2.70. The molecule has 2 aliphatic rings. The first-order valence-electron chi connectivity index (χ1n) is 8.84. The summed E-state index contributed by atoms with van der Waals surface area (Å²) in [5, 5.41) is 2.37. The van der Waals surface area contributed by atoms with Gasteiger partial charge < -0.3 is 19.5 Å². The minimum Gasteiger partial charge on any atom is -0.497 e. The molecule has 28 heavy (non-hydrogen) atoms. The maximum absolute atomic E-state index is 12.5. The van der Waals surface area contributed by atoms with Crippen LogP contribution in [0.25, 0.3) is 0 Å². The highest BCUT2D eigenvalue weighted by atomic mass is 32.2. The van der Waals surface area contributed by atoms with E-state index in [1.807, 2.05) is 0 Å². The lowest BCUT2D eigenvalue weighted by molar-refractivity contribution is -0.152. The number of benzene rings is 1. The van der Waals surface area contributed by atoms with Gasteiger partial charge in [0.1, 0.15) is 28.6 Å². The molecule has 0 bridgehead atoms. The number of esters is 1. The topological polar surface area (TPSA) is 94.2 Å². The van der Waals surface area contributed by atoms with E-state index in [0.29, 0.717) is 17.3 Å². The average molecular weight is 406 g/mol. The van der Waals surface area contributed by atoms with E-state index in [1.54, 1.807) is 45.2 Å². The van der Waals surface area contributed by atoms with Crippen molar-refractivity contribution in [3.8, 4) is 11.5 Å². The van der Waals surface area contributed by atoms with Gasteiger partial charge >= 0.3 is 5.97 Å². The summed E-state index contributed by atoms with van der Waals surface area (Å²) in [4.78, 5) is 38.3. The molecule has 0 saturated carbocycles. The van der Waals surface area contributed by atoms with Gasteiger partial charge in [-0.05, 0) is 43.7 Å². The Hall–Kier alpha value is -2.68. The standard InChI is InChI=1S/C19H22N2O6S/c1-4-26-19(24)16-11(2)10-28-18-15(17(23)21(16)18)20-14(22)9-27-13-7-5-12(25-3)6-8-13/h5-8,15,18H,4,9-10H2,1-3H3,(H,20,22)/t15-,18-/m1/s1. The quantitative estimate of drug-likeness (QED) is 0.539. The average Bonchev–Trinajstić information content (AvgIpc) is 2.70. The van der Waals surface area contributed by atoms with E-state index in [9.17, 15) is 14.4 Å². The molecule has 150 valence electrons. The van der Waals surface area contributed by atoms with E-state index in [1.165, 1.54) is 16.7 Å². The summed E-state index contributed by atoms with van der Waals surface area (Å²) in [5.74, 6) is 0.568. The zero-order chi connectivity index (χ0) is 20.3. The van der Waals surface area contributed by atoms with Crippen LogP contribution in [-0.2, 0) is 19.1 Å². The number of nitrogens with zero attached hydrogens (tertiary/aromatic N) is 1. The minimum absolute atomic E-state index is 0.215. The molecule has 1 N–H and O–H groups in total. The number of β-lactam (4-membered cyclic amide) rings is 1. The first-order valence-corrected chi connectivity index (χ1v) is 9.89. The van der Waals surface area contributed by atoms with Crippen molar-refractivity contribution in [2.24, 2.45) is 0 Å². The highest BCUT2D eigenvalue weighted by Gasteiger charge is 2.53. The van der Waals surface area contributed by atoms with Crippen LogP contribution in [0.4, 0.5) is 0 Å². The zero-order valence-corrected chi connectivity index (χ0v) is 16.7. The van der Waals surface area contributed by atoms with Gasteiger partial charge in [0.15, 0.2) is 6.61 Å². The van der Waals surface area contributed by atoms with Crippen LogP contribution in [-0.4, -0.2) is 60.2 Å². The van der Waals surface area contributed by atoms with Gasteiger partial charge in [0.2, 0.25) is 0 Å². The second kappa shape index (κ2) is 8.55. The number of ether oxygens (including phenoxy) is 3. The van der Waals surface area contributed by atoms with E-state index in [2.05, 4.69) is 5.32 Å². The summed E-state index contributed by atoms with van der Waals surface area (Å²) >= 11 is 1.50. The van der Waals surface area contributed by atoms with Gasteiger partial charge in [0, 0.05) is 5.75 Å². The Kier molecular flexibility index (Phi) is 6.13. The molecule has 2 atom stereocenters. The zero-order valence-electron chi connectivity index (χ0n) is 15.9. The number of hydrogen-bond donors (Lipinski definition) is 1. The van der Waals surface area contributed by atoms with Crippen molar-refractivity contribution < 1.29 is 28.6 Å². The van der Waals surface area contributed by atoms with Crippen LogP contribution in [0.5, 0.6) is 11.5 Å². The number of thioether (sulfide) groups is 1. The third kappa shape index (κ3) is 3.94. The molecule has 0 aromatic heterocycles. The van der Waals surface area contributed by atoms with Crippen LogP contribution in [0.1, 0.15) is 13.8 Å². The maximum Gasteiger partial charge on any atom is 0.355 e. The predicted octanol–water partition coefficient (Wildman–Crippen LogP) is 1.31. The second-order valence-corrected chi connectivity index (χ2v) is 7.37. The van der Waals surface area contributed by atoms with E-state index in [-0.39, 0.29) is 30.2 Å². The number of carbonyl (C=O) groups excluding carboxylic acids is 3. The van der Waals surface area contributed by atoms with E-state index in [4.69, 9.17) is 14.2 Å².